The van der Waals surface area contributed by atoms with Crippen LogP contribution in [0.4, 0.5) is 0 Å². The number of sulfonamides is 1. The smallest absolute Gasteiger partial charge is 0.238 e. The van der Waals surface area contributed by atoms with Crippen molar-refractivity contribution in [1.82, 2.24) is 5.32 Å². The lowest BCUT2D eigenvalue weighted by Crippen LogP contribution is -2.14. The predicted octanol–water partition coefficient (Wildman–Crippen LogP) is 0.758. The topological polar surface area (TPSA) is 72.2 Å². The minimum Gasteiger partial charge on any atom is -0.310 e. The zero-order chi connectivity index (χ0) is 10.9. The van der Waals surface area contributed by atoms with Crippen molar-refractivity contribution in [2.75, 3.05) is 6.54 Å². The van der Waals surface area contributed by atoms with E-state index >= 15 is 0 Å². The maximum absolute atomic E-state index is 11.0. The van der Waals surface area contributed by atoms with Crippen molar-refractivity contribution in [2.24, 2.45) is 5.14 Å². The van der Waals surface area contributed by atoms with Crippen molar-refractivity contribution >= 4 is 10.0 Å². The molecule has 0 saturated carbocycles. The summed E-state index contributed by atoms with van der Waals surface area (Å²) in [5.41, 5.74) is 1.12. The van der Waals surface area contributed by atoms with E-state index in [2.05, 4.69) is 5.32 Å². The molecule has 82 valence electrons. The lowest BCUT2D eigenvalue weighted by Gasteiger charge is -2.10. The van der Waals surface area contributed by atoms with Gasteiger partial charge < -0.3 is 5.32 Å². The fourth-order valence-corrected chi connectivity index (χ4v) is 2.37. The third kappa shape index (κ3) is 2.37. The van der Waals surface area contributed by atoms with E-state index in [1.54, 1.807) is 12.1 Å². The quantitative estimate of drug-likeness (QED) is 0.782. The van der Waals surface area contributed by atoms with Crippen LogP contribution < -0.4 is 10.5 Å². The number of hydrogen-bond donors (Lipinski definition) is 2. The summed E-state index contributed by atoms with van der Waals surface area (Å²) >= 11 is 0. The van der Waals surface area contributed by atoms with Gasteiger partial charge in [-0.25, -0.2) is 13.6 Å². The van der Waals surface area contributed by atoms with Crippen LogP contribution in [0.15, 0.2) is 29.2 Å². The van der Waals surface area contributed by atoms with Crippen molar-refractivity contribution < 1.29 is 8.42 Å². The molecule has 1 aromatic carbocycles. The van der Waals surface area contributed by atoms with Gasteiger partial charge >= 0.3 is 0 Å². The van der Waals surface area contributed by atoms with Crippen LogP contribution in [-0.2, 0) is 10.0 Å². The van der Waals surface area contributed by atoms with Crippen LogP contribution in [0.2, 0.25) is 0 Å². The Hall–Kier alpha value is -0.910. The largest absolute Gasteiger partial charge is 0.310 e. The van der Waals surface area contributed by atoms with Crippen LogP contribution in [0.3, 0.4) is 0 Å². The monoisotopic (exact) mass is 226 g/mol. The molecular formula is C10H14N2O2S. The Morgan fingerprint density at radius 3 is 2.40 bits per heavy atom. The molecule has 0 radical (unpaired) electrons. The lowest BCUT2D eigenvalue weighted by molar-refractivity contribution is 0.597. The second-order valence-corrected chi connectivity index (χ2v) is 5.32. The first-order valence-corrected chi connectivity index (χ1v) is 6.48. The number of rotatable bonds is 2. The van der Waals surface area contributed by atoms with E-state index in [9.17, 15) is 8.42 Å². The van der Waals surface area contributed by atoms with E-state index in [1.165, 1.54) is 6.42 Å². The molecule has 3 N–H and O–H groups in total. The molecule has 1 heterocycles. The number of nitrogens with one attached hydrogen (secondary N) is 1. The summed E-state index contributed by atoms with van der Waals surface area (Å²) in [5, 5.41) is 8.37. The molecule has 1 aliphatic heterocycles. The van der Waals surface area contributed by atoms with Gasteiger partial charge in [0.25, 0.3) is 0 Å². The summed E-state index contributed by atoms with van der Waals surface area (Å²) in [4.78, 5) is 0.171. The molecule has 1 atom stereocenters. The van der Waals surface area contributed by atoms with Gasteiger partial charge in [-0.2, -0.15) is 0 Å². The molecule has 0 spiro atoms. The maximum atomic E-state index is 11.0. The summed E-state index contributed by atoms with van der Waals surface area (Å²) in [6, 6.07) is 7.13. The first-order chi connectivity index (χ1) is 7.07. The van der Waals surface area contributed by atoms with E-state index in [0.717, 1.165) is 18.5 Å². The van der Waals surface area contributed by atoms with Crippen LogP contribution >= 0.6 is 0 Å². The molecule has 0 aromatic heterocycles. The third-order valence-corrected chi connectivity index (χ3v) is 3.60. The Labute approximate surface area is 89.5 Å². The number of nitrogens with two attached hydrogens (primary N) is 1. The number of primary sulfonamides is 1. The Bertz CT molecular complexity index is 433. The van der Waals surface area contributed by atoms with Gasteiger partial charge in [-0.1, -0.05) is 12.1 Å². The van der Waals surface area contributed by atoms with E-state index in [0.29, 0.717) is 6.04 Å². The fourth-order valence-electron chi connectivity index (χ4n) is 1.86. The summed E-state index contributed by atoms with van der Waals surface area (Å²) in [6.45, 7) is 1.03. The Morgan fingerprint density at radius 1 is 1.27 bits per heavy atom. The molecule has 1 aliphatic rings. The van der Waals surface area contributed by atoms with Gasteiger partial charge in [-0.05, 0) is 37.1 Å². The van der Waals surface area contributed by atoms with Crippen LogP contribution in [0, 0.1) is 0 Å². The molecular weight excluding hydrogens is 212 g/mol. The highest BCUT2D eigenvalue weighted by Gasteiger charge is 2.16. The lowest BCUT2D eigenvalue weighted by atomic mass is 10.1. The summed E-state index contributed by atoms with van der Waals surface area (Å²) in [7, 11) is -3.56. The van der Waals surface area contributed by atoms with E-state index in [1.807, 2.05) is 12.1 Å². The number of benzene rings is 1. The average molecular weight is 226 g/mol. The minimum absolute atomic E-state index is 0.171. The molecule has 0 bridgehead atoms. The van der Waals surface area contributed by atoms with E-state index in [4.69, 9.17) is 5.14 Å². The highest BCUT2D eigenvalue weighted by molar-refractivity contribution is 7.89. The number of hydrogen-bond acceptors (Lipinski definition) is 3. The molecule has 4 nitrogen and oxygen atoms in total. The first-order valence-electron chi connectivity index (χ1n) is 4.93. The zero-order valence-corrected chi connectivity index (χ0v) is 9.13. The van der Waals surface area contributed by atoms with Crippen LogP contribution in [-0.4, -0.2) is 15.0 Å². The van der Waals surface area contributed by atoms with Crippen molar-refractivity contribution in [3.8, 4) is 0 Å². The molecule has 1 fully saturated rings. The SMILES string of the molecule is NS(=O)(=O)c1ccc(C2CCCN2)cc1. The van der Waals surface area contributed by atoms with Gasteiger partial charge in [0, 0.05) is 6.04 Å². The van der Waals surface area contributed by atoms with Crippen LogP contribution in [0.5, 0.6) is 0 Å². The molecule has 0 amide bonds. The normalized spacial score (nSPS) is 21.8. The summed E-state index contributed by atoms with van der Waals surface area (Å²) in [5.74, 6) is 0. The van der Waals surface area contributed by atoms with Gasteiger partial charge in [0.2, 0.25) is 10.0 Å². The van der Waals surface area contributed by atoms with Gasteiger partial charge in [0.1, 0.15) is 0 Å². The fraction of sp³-hybridized carbons (Fsp3) is 0.400. The van der Waals surface area contributed by atoms with Gasteiger partial charge in [-0.15, -0.1) is 0 Å². The van der Waals surface area contributed by atoms with Gasteiger partial charge in [0.05, 0.1) is 4.90 Å². The second kappa shape index (κ2) is 3.92. The van der Waals surface area contributed by atoms with Crippen molar-refractivity contribution in [1.29, 1.82) is 0 Å². The molecule has 1 unspecified atom stereocenters. The van der Waals surface area contributed by atoms with Crippen molar-refractivity contribution in [3.63, 3.8) is 0 Å². The molecule has 1 aromatic rings. The Morgan fingerprint density at radius 2 is 1.93 bits per heavy atom. The Kier molecular flexibility index (Phi) is 2.77. The summed E-state index contributed by atoms with van der Waals surface area (Å²) < 4.78 is 22.1. The van der Waals surface area contributed by atoms with E-state index < -0.39 is 10.0 Å². The molecule has 2 rings (SSSR count). The predicted molar refractivity (Wildman–Crippen MR) is 57.8 cm³/mol. The third-order valence-electron chi connectivity index (χ3n) is 2.67. The standard InChI is InChI=1S/C10H14N2O2S/c11-15(13,14)9-5-3-8(4-6-9)10-2-1-7-12-10/h3-6,10,12H,1-2,7H2,(H2,11,13,14). The van der Waals surface area contributed by atoms with Crippen LogP contribution in [0.25, 0.3) is 0 Å². The Balaban J connectivity index is 2.24. The van der Waals surface area contributed by atoms with Gasteiger partial charge in [0.15, 0.2) is 0 Å². The van der Waals surface area contributed by atoms with Crippen molar-refractivity contribution in [3.05, 3.63) is 29.8 Å². The van der Waals surface area contributed by atoms with Crippen LogP contribution in [0.1, 0.15) is 24.4 Å². The maximum Gasteiger partial charge on any atom is 0.238 e. The second-order valence-electron chi connectivity index (χ2n) is 3.76. The van der Waals surface area contributed by atoms with Gasteiger partial charge in [-0.3, -0.25) is 0 Å². The molecule has 15 heavy (non-hydrogen) atoms. The molecule has 1 saturated heterocycles. The minimum atomic E-state index is -3.56. The van der Waals surface area contributed by atoms with Crippen molar-refractivity contribution in [2.45, 2.75) is 23.8 Å². The highest BCUT2D eigenvalue weighted by Crippen LogP contribution is 2.23. The molecule has 0 aliphatic carbocycles. The first kappa shape index (κ1) is 10.6. The molecule has 5 heteroatoms. The average Bonchev–Trinajstić information content (AvgIpc) is 2.69. The van der Waals surface area contributed by atoms with E-state index in [-0.39, 0.29) is 4.90 Å². The zero-order valence-electron chi connectivity index (χ0n) is 8.31. The summed E-state index contributed by atoms with van der Waals surface area (Å²) in [6.07, 6.45) is 2.27. The highest BCUT2D eigenvalue weighted by atomic mass is 32.2.